The Morgan fingerprint density at radius 2 is 2.06 bits per heavy atom. The third-order valence-electron chi connectivity index (χ3n) is 3.94. The van der Waals surface area contributed by atoms with Crippen LogP contribution in [-0.2, 0) is 5.60 Å². The minimum absolute atomic E-state index is 0.164. The maximum atomic E-state index is 13.3. The molecule has 1 aliphatic rings. The van der Waals surface area contributed by atoms with E-state index in [1.165, 1.54) is 6.07 Å². The van der Waals surface area contributed by atoms with E-state index in [-0.39, 0.29) is 11.2 Å². The molecule has 1 aliphatic heterocycles. The molecule has 1 atom stereocenters. The molecule has 0 amide bonds. The molecule has 94 valence electrons. The van der Waals surface area contributed by atoms with Gasteiger partial charge in [0.2, 0.25) is 0 Å². The molecule has 0 saturated carbocycles. The van der Waals surface area contributed by atoms with Gasteiger partial charge in [0.15, 0.2) is 0 Å². The van der Waals surface area contributed by atoms with Gasteiger partial charge in [0.05, 0.1) is 0 Å². The van der Waals surface area contributed by atoms with E-state index in [1.54, 1.807) is 30.8 Å². The summed E-state index contributed by atoms with van der Waals surface area (Å²) in [6.07, 6.45) is 0.977. The number of benzene rings is 1. The second-order valence-corrected chi connectivity index (χ2v) is 6.62. The largest absolute Gasteiger partial charge is 0.384 e. The Bertz CT molecular complexity index is 430. The van der Waals surface area contributed by atoms with Crippen LogP contribution in [0.2, 0.25) is 0 Å². The fraction of sp³-hybridized carbons (Fsp3) is 0.571. The molecule has 0 aliphatic carbocycles. The summed E-state index contributed by atoms with van der Waals surface area (Å²) in [4.78, 5) is 0. The lowest BCUT2D eigenvalue weighted by Crippen LogP contribution is -2.47. The molecule has 0 spiro atoms. The highest BCUT2D eigenvalue weighted by Crippen LogP contribution is 2.48. The average Bonchev–Trinajstić information content (AvgIpc) is 2.26. The van der Waals surface area contributed by atoms with Gasteiger partial charge in [-0.05, 0) is 41.7 Å². The predicted molar refractivity (Wildman–Crippen MR) is 70.8 cm³/mol. The van der Waals surface area contributed by atoms with Crippen molar-refractivity contribution < 1.29 is 9.50 Å². The van der Waals surface area contributed by atoms with E-state index in [1.807, 2.05) is 0 Å². The summed E-state index contributed by atoms with van der Waals surface area (Å²) in [5, 5.41) is 10.9. The number of halogens is 1. The fourth-order valence-electron chi connectivity index (χ4n) is 2.33. The molecule has 1 N–H and O–H groups in total. The van der Waals surface area contributed by atoms with Gasteiger partial charge in [-0.25, -0.2) is 4.39 Å². The van der Waals surface area contributed by atoms with Crippen molar-refractivity contribution in [1.82, 2.24) is 0 Å². The van der Waals surface area contributed by atoms with Crippen LogP contribution in [0.25, 0.3) is 0 Å². The van der Waals surface area contributed by atoms with E-state index in [2.05, 4.69) is 13.8 Å². The predicted octanol–water partition coefficient (Wildman–Crippen LogP) is 3.48. The molecule has 1 aromatic rings. The lowest BCUT2D eigenvalue weighted by molar-refractivity contribution is -0.0579. The van der Waals surface area contributed by atoms with Gasteiger partial charge >= 0.3 is 0 Å². The molecule has 0 radical (unpaired) electrons. The Hall–Kier alpha value is -0.540. The van der Waals surface area contributed by atoms with Gasteiger partial charge in [0, 0.05) is 5.75 Å². The Morgan fingerprint density at radius 3 is 2.65 bits per heavy atom. The minimum atomic E-state index is -0.853. The van der Waals surface area contributed by atoms with Crippen LogP contribution in [0.15, 0.2) is 18.2 Å². The van der Waals surface area contributed by atoms with Crippen LogP contribution in [0.4, 0.5) is 4.39 Å². The lowest BCUT2D eigenvalue weighted by Gasteiger charge is -2.46. The van der Waals surface area contributed by atoms with E-state index in [9.17, 15) is 9.50 Å². The molecular weight excluding hydrogens is 235 g/mol. The van der Waals surface area contributed by atoms with Crippen molar-refractivity contribution in [3.63, 3.8) is 0 Å². The normalized spacial score (nSPS) is 28.1. The van der Waals surface area contributed by atoms with E-state index in [0.29, 0.717) is 11.3 Å². The van der Waals surface area contributed by atoms with Crippen molar-refractivity contribution in [3.8, 4) is 0 Å². The zero-order valence-electron chi connectivity index (χ0n) is 10.6. The van der Waals surface area contributed by atoms with Gasteiger partial charge in [-0.3, -0.25) is 0 Å². The maximum absolute atomic E-state index is 13.3. The Kier molecular flexibility index (Phi) is 3.25. The summed E-state index contributed by atoms with van der Waals surface area (Å²) in [5.41, 5.74) is 0.424. The first-order chi connectivity index (χ1) is 7.87. The maximum Gasteiger partial charge on any atom is 0.126 e. The van der Waals surface area contributed by atoms with Gasteiger partial charge in [0.25, 0.3) is 0 Å². The molecule has 2 rings (SSSR count). The summed E-state index contributed by atoms with van der Waals surface area (Å²) in [5.74, 6) is 1.55. The topological polar surface area (TPSA) is 20.2 Å². The highest BCUT2D eigenvalue weighted by atomic mass is 32.2. The molecule has 1 fully saturated rings. The van der Waals surface area contributed by atoms with Crippen LogP contribution < -0.4 is 0 Å². The summed E-state index contributed by atoms with van der Waals surface area (Å²) >= 11 is 1.77. The van der Waals surface area contributed by atoms with Gasteiger partial charge < -0.3 is 5.11 Å². The number of aryl methyl sites for hydroxylation is 1. The lowest BCUT2D eigenvalue weighted by atomic mass is 9.69. The monoisotopic (exact) mass is 254 g/mol. The van der Waals surface area contributed by atoms with E-state index in [4.69, 9.17) is 0 Å². The first-order valence-corrected chi connectivity index (χ1v) is 7.09. The number of hydrogen-bond donors (Lipinski definition) is 1. The van der Waals surface area contributed by atoms with Crippen LogP contribution in [0.1, 0.15) is 31.4 Å². The zero-order chi connectivity index (χ0) is 12.7. The van der Waals surface area contributed by atoms with Crippen LogP contribution in [0, 0.1) is 18.2 Å². The van der Waals surface area contributed by atoms with Crippen LogP contribution >= 0.6 is 11.8 Å². The zero-order valence-corrected chi connectivity index (χ0v) is 11.4. The third-order valence-corrected chi connectivity index (χ3v) is 5.05. The second kappa shape index (κ2) is 4.29. The van der Waals surface area contributed by atoms with Gasteiger partial charge in [-0.2, -0.15) is 11.8 Å². The average molecular weight is 254 g/mol. The summed E-state index contributed by atoms with van der Waals surface area (Å²) in [6, 6.07) is 4.96. The first kappa shape index (κ1) is 12.9. The minimum Gasteiger partial charge on any atom is -0.384 e. The SMILES string of the molecule is Cc1cc(C2(O)CSCCC2(C)C)ccc1F. The Balaban J connectivity index is 2.45. The number of thioether (sulfide) groups is 1. The molecule has 0 aromatic heterocycles. The van der Waals surface area contributed by atoms with Crippen molar-refractivity contribution >= 4 is 11.8 Å². The third kappa shape index (κ3) is 2.11. The van der Waals surface area contributed by atoms with Crippen LogP contribution in [0.5, 0.6) is 0 Å². The standard InChI is InChI=1S/C14H19FOS/c1-10-8-11(4-5-12(10)15)14(16)9-17-7-6-13(14,2)3/h4-5,8,16H,6-7,9H2,1-3H3. The molecule has 0 bridgehead atoms. The molecule has 1 saturated heterocycles. The summed E-state index contributed by atoms with van der Waals surface area (Å²) < 4.78 is 13.3. The van der Waals surface area contributed by atoms with Gasteiger partial charge in [0.1, 0.15) is 11.4 Å². The van der Waals surface area contributed by atoms with Crippen LogP contribution in [0.3, 0.4) is 0 Å². The first-order valence-electron chi connectivity index (χ1n) is 5.94. The fourth-order valence-corrected chi connectivity index (χ4v) is 3.98. The van der Waals surface area contributed by atoms with Crippen LogP contribution in [-0.4, -0.2) is 16.6 Å². The summed E-state index contributed by atoms with van der Waals surface area (Å²) in [7, 11) is 0. The van der Waals surface area contributed by atoms with Crippen molar-refractivity contribution in [3.05, 3.63) is 35.1 Å². The second-order valence-electron chi connectivity index (χ2n) is 5.51. The number of rotatable bonds is 1. The number of hydrogen-bond acceptors (Lipinski definition) is 2. The Labute approximate surface area is 106 Å². The molecule has 17 heavy (non-hydrogen) atoms. The highest BCUT2D eigenvalue weighted by Gasteiger charge is 2.46. The van der Waals surface area contributed by atoms with E-state index in [0.717, 1.165) is 17.7 Å². The van der Waals surface area contributed by atoms with Gasteiger partial charge in [-0.1, -0.05) is 26.0 Å². The summed E-state index contributed by atoms with van der Waals surface area (Å²) in [6.45, 7) is 5.92. The van der Waals surface area contributed by atoms with E-state index < -0.39 is 5.60 Å². The highest BCUT2D eigenvalue weighted by molar-refractivity contribution is 7.99. The Morgan fingerprint density at radius 1 is 1.35 bits per heavy atom. The van der Waals surface area contributed by atoms with Gasteiger partial charge in [-0.15, -0.1) is 0 Å². The molecule has 1 nitrogen and oxygen atoms in total. The van der Waals surface area contributed by atoms with Crippen molar-refractivity contribution in [2.24, 2.45) is 5.41 Å². The quantitative estimate of drug-likeness (QED) is 0.828. The number of aliphatic hydroxyl groups is 1. The molecule has 1 aromatic carbocycles. The smallest absolute Gasteiger partial charge is 0.126 e. The molecular formula is C14H19FOS. The van der Waals surface area contributed by atoms with Crippen molar-refractivity contribution in [2.45, 2.75) is 32.8 Å². The van der Waals surface area contributed by atoms with Crippen molar-refractivity contribution in [2.75, 3.05) is 11.5 Å². The molecule has 3 heteroatoms. The van der Waals surface area contributed by atoms with E-state index >= 15 is 0 Å². The molecule has 1 heterocycles. The van der Waals surface area contributed by atoms with Crippen molar-refractivity contribution in [1.29, 1.82) is 0 Å². The molecule has 1 unspecified atom stereocenters.